The second-order valence-electron chi connectivity index (χ2n) is 3.71. The fourth-order valence-corrected chi connectivity index (χ4v) is 2.21. The van der Waals surface area contributed by atoms with Crippen molar-refractivity contribution in [3.8, 4) is 0 Å². The van der Waals surface area contributed by atoms with Crippen LogP contribution in [0.15, 0.2) is 4.79 Å². The highest BCUT2D eigenvalue weighted by Crippen LogP contribution is 2.14. The van der Waals surface area contributed by atoms with Crippen LogP contribution in [0.1, 0.15) is 0 Å². The van der Waals surface area contributed by atoms with Crippen molar-refractivity contribution in [2.45, 2.75) is 0 Å². The van der Waals surface area contributed by atoms with Gasteiger partial charge in [-0.2, -0.15) is 4.98 Å². The third-order valence-corrected chi connectivity index (χ3v) is 3.65. The van der Waals surface area contributed by atoms with Crippen LogP contribution in [0.3, 0.4) is 0 Å². The van der Waals surface area contributed by atoms with Gasteiger partial charge >= 0.3 is 0 Å². The molecular weight excluding hydrogens is 321 g/mol. The number of piperazine rings is 1. The summed E-state index contributed by atoms with van der Waals surface area (Å²) in [5.41, 5.74) is 5.64. The molecular formula is C9H14IN5O. The van der Waals surface area contributed by atoms with Crippen LogP contribution in [-0.4, -0.2) is 35.7 Å². The smallest absolute Gasteiger partial charge is 0.270 e. The van der Waals surface area contributed by atoms with Crippen molar-refractivity contribution >= 4 is 34.4 Å². The quantitative estimate of drug-likeness (QED) is 0.669. The van der Waals surface area contributed by atoms with E-state index in [1.54, 1.807) is 11.6 Å². The first kappa shape index (κ1) is 11.6. The average Bonchev–Trinajstić information content (AvgIpc) is 2.32. The van der Waals surface area contributed by atoms with Crippen LogP contribution < -0.4 is 21.5 Å². The first-order valence-corrected chi connectivity index (χ1v) is 6.17. The zero-order chi connectivity index (χ0) is 11.7. The summed E-state index contributed by atoms with van der Waals surface area (Å²) in [6.45, 7) is 3.50. The summed E-state index contributed by atoms with van der Waals surface area (Å²) in [7, 11) is 1.73. The van der Waals surface area contributed by atoms with E-state index >= 15 is 0 Å². The average molecular weight is 335 g/mol. The van der Waals surface area contributed by atoms with Crippen LogP contribution in [0.2, 0.25) is 0 Å². The van der Waals surface area contributed by atoms with Crippen LogP contribution in [0.25, 0.3) is 0 Å². The fourth-order valence-electron chi connectivity index (χ4n) is 1.73. The third kappa shape index (κ3) is 2.01. The number of hydrogen-bond acceptors (Lipinski definition) is 5. The Hall–Kier alpha value is -0.830. The van der Waals surface area contributed by atoms with E-state index < -0.39 is 0 Å². The molecule has 0 radical (unpaired) electrons. The van der Waals surface area contributed by atoms with Crippen molar-refractivity contribution in [3.63, 3.8) is 0 Å². The molecule has 1 aliphatic rings. The third-order valence-electron chi connectivity index (χ3n) is 2.64. The number of aromatic nitrogens is 2. The highest BCUT2D eigenvalue weighted by Gasteiger charge is 2.17. The minimum atomic E-state index is -0.0818. The van der Waals surface area contributed by atoms with Crippen molar-refractivity contribution < 1.29 is 0 Å². The van der Waals surface area contributed by atoms with Crippen molar-refractivity contribution in [1.82, 2.24) is 14.9 Å². The standard InChI is InChI=1S/C9H14IN5O/c1-14-8(16)6(10)7(11)13-9(14)15-4-2-12-3-5-15/h12H,2-5,11H2,1H3. The number of hydrogen-bond donors (Lipinski definition) is 2. The lowest BCUT2D eigenvalue weighted by atomic mass is 10.4. The largest absolute Gasteiger partial charge is 0.383 e. The number of anilines is 2. The summed E-state index contributed by atoms with van der Waals surface area (Å²) in [5, 5.41) is 3.25. The maximum Gasteiger partial charge on any atom is 0.270 e. The van der Waals surface area contributed by atoms with Crippen molar-refractivity contribution in [3.05, 3.63) is 13.9 Å². The summed E-state index contributed by atoms with van der Waals surface area (Å²) < 4.78 is 2.04. The van der Waals surface area contributed by atoms with Gasteiger partial charge in [0.05, 0.1) is 0 Å². The van der Waals surface area contributed by atoms with E-state index in [1.807, 2.05) is 22.6 Å². The van der Waals surface area contributed by atoms with Gasteiger partial charge in [-0.3, -0.25) is 9.36 Å². The number of nitrogen functional groups attached to an aromatic ring is 1. The van der Waals surface area contributed by atoms with E-state index in [0.29, 0.717) is 15.3 Å². The molecule has 16 heavy (non-hydrogen) atoms. The minimum Gasteiger partial charge on any atom is -0.383 e. The highest BCUT2D eigenvalue weighted by atomic mass is 127. The molecule has 2 heterocycles. The SMILES string of the molecule is Cn1c(N2CCNCC2)nc(N)c(I)c1=O. The number of nitrogens with one attached hydrogen (secondary N) is 1. The van der Waals surface area contributed by atoms with Crippen LogP contribution in [0, 0.1) is 3.57 Å². The molecule has 0 unspecified atom stereocenters. The van der Waals surface area contributed by atoms with Crippen molar-refractivity contribution in [2.24, 2.45) is 7.05 Å². The molecule has 1 aromatic rings. The van der Waals surface area contributed by atoms with Gasteiger partial charge < -0.3 is 16.0 Å². The van der Waals surface area contributed by atoms with Gasteiger partial charge in [0.1, 0.15) is 9.39 Å². The molecule has 3 N–H and O–H groups in total. The lowest BCUT2D eigenvalue weighted by Crippen LogP contribution is -2.46. The molecule has 0 aromatic carbocycles. The molecule has 0 bridgehead atoms. The number of rotatable bonds is 1. The summed E-state index contributed by atoms with van der Waals surface area (Å²) >= 11 is 1.93. The zero-order valence-electron chi connectivity index (χ0n) is 9.03. The number of nitrogens with zero attached hydrogens (tertiary/aromatic N) is 3. The molecule has 1 saturated heterocycles. The Morgan fingerprint density at radius 1 is 1.44 bits per heavy atom. The van der Waals surface area contributed by atoms with Gasteiger partial charge in [-0.1, -0.05) is 0 Å². The first-order valence-electron chi connectivity index (χ1n) is 5.09. The summed E-state index contributed by atoms with van der Waals surface area (Å²) in [5.74, 6) is 0.974. The van der Waals surface area contributed by atoms with Crippen LogP contribution in [0.4, 0.5) is 11.8 Å². The molecule has 0 aliphatic carbocycles. The van der Waals surface area contributed by atoms with E-state index in [1.165, 1.54) is 0 Å². The van der Waals surface area contributed by atoms with Gasteiger partial charge in [-0.25, -0.2) is 0 Å². The maximum atomic E-state index is 11.8. The van der Waals surface area contributed by atoms with Gasteiger partial charge in [0.15, 0.2) is 0 Å². The lowest BCUT2D eigenvalue weighted by Gasteiger charge is -2.29. The molecule has 7 heteroatoms. The predicted molar refractivity (Wildman–Crippen MR) is 71.7 cm³/mol. The molecule has 1 aliphatic heterocycles. The Kier molecular flexibility index (Phi) is 3.33. The van der Waals surface area contributed by atoms with Crippen LogP contribution in [0.5, 0.6) is 0 Å². The maximum absolute atomic E-state index is 11.8. The number of nitrogens with two attached hydrogens (primary N) is 1. The molecule has 0 amide bonds. The van der Waals surface area contributed by atoms with Crippen molar-refractivity contribution in [2.75, 3.05) is 36.8 Å². The lowest BCUT2D eigenvalue weighted by molar-refractivity contribution is 0.568. The molecule has 2 rings (SSSR count). The topological polar surface area (TPSA) is 76.2 Å². The molecule has 1 fully saturated rings. The molecule has 1 aromatic heterocycles. The van der Waals surface area contributed by atoms with Crippen LogP contribution in [-0.2, 0) is 7.05 Å². The minimum absolute atomic E-state index is 0.0818. The van der Waals surface area contributed by atoms with E-state index in [-0.39, 0.29) is 5.56 Å². The highest BCUT2D eigenvalue weighted by molar-refractivity contribution is 14.1. The Labute approximate surface area is 107 Å². The summed E-state index contributed by atoms with van der Waals surface area (Å²) in [6, 6.07) is 0. The molecule has 0 saturated carbocycles. The Balaban J connectivity index is 2.44. The van der Waals surface area contributed by atoms with Gasteiger partial charge in [0.2, 0.25) is 5.95 Å². The zero-order valence-corrected chi connectivity index (χ0v) is 11.2. The molecule has 88 valence electrons. The van der Waals surface area contributed by atoms with E-state index in [4.69, 9.17) is 5.73 Å². The van der Waals surface area contributed by atoms with E-state index in [9.17, 15) is 4.79 Å². The summed E-state index contributed by atoms with van der Waals surface area (Å²) in [4.78, 5) is 18.2. The second-order valence-corrected chi connectivity index (χ2v) is 4.79. The molecule has 6 nitrogen and oxygen atoms in total. The van der Waals surface area contributed by atoms with Gasteiger partial charge in [0, 0.05) is 33.2 Å². The van der Waals surface area contributed by atoms with Gasteiger partial charge in [-0.15, -0.1) is 0 Å². The summed E-state index contributed by atoms with van der Waals surface area (Å²) in [6.07, 6.45) is 0. The van der Waals surface area contributed by atoms with E-state index in [2.05, 4.69) is 15.2 Å². The van der Waals surface area contributed by atoms with Crippen molar-refractivity contribution in [1.29, 1.82) is 0 Å². The Morgan fingerprint density at radius 2 is 2.06 bits per heavy atom. The normalized spacial score (nSPS) is 16.5. The second kappa shape index (κ2) is 4.58. The Morgan fingerprint density at radius 3 is 2.69 bits per heavy atom. The van der Waals surface area contributed by atoms with E-state index in [0.717, 1.165) is 26.2 Å². The van der Waals surface area contributed by atoms with Gasteiger partial charge in [0.25, 0.3) is 5.56 Å². The van der Waals surface area contributed by atoms with Gasteiger partial charge in [-0.05, 0) is 22.6 Å². The monoisotopic (exact) mass is 335 g/mol. The fraction of sp³-hybridized carbons (Fsp3) is 0.556. The molecule has 0 atom stereocenters. The predicted octanol–water partition coefficient (Wildman–Crippen LogP) is -0.623. The first-order chi connectivity index (χ1) is 7.61. The van der Waals surface area contributed by atoms with Crippen LogP contribution >= 0.6 is 22.6 Å². The Bertz CT molecular complexity index is 452. The molecule has 0 spiro atoms. The number of halogens is 1.